The van der Waals surface area contributed by atoms with Gasteiger partial charge in [0.05, 0.1) is 5.69 Å². The maximum atomic E-state index is 2.72. The maximum absolute atomic E-state index is 2.72. The van der Waals surface area contributed by atoms with Gasteiger partial charge in [0.1, 0.15) is 0 Å². The Morgan fingerprint density at radius 3 is 1.55 bits per heavy atom. The molecule has 1 aromatic heterocycles. The molecular weight excluding hydrogens is 1080 g/mol. The van der Waals surface area contributed by atoms with Crippen LogP contribution in [0.4, 0.5) is 45.5 Å². The van der Waals surface area contributed by atoms with Gasteiger partial charge >= 0.3 is 6.85 Å². The molecule has 12 aromatic rings. The number of hydrogen-bond acceptors (Lipinski definition) is 4. The summed E-state index contributed by atoms with van der Waals surface area (Å²) in [7, 11) is 0. The third kappa shape index (κ3) is 9.39. The number of anilines is 8. The molecule has 0 unspecified atom stereocenters. The number of benzene rings is 11. The van der Waals surface area contributed by atoms with Gasteiger partial charge in [0.2, 0.25) is 0 Å². The molecule has 0 atom stereocenters. The van der Waals surface area contributed by atoms with Crippen molar-refractivity contribution in [3.8, 4) is 44.5 Å². The number of nitrogens with zero attached hydrogens (tertiary/aromatic N) is 3. The van der Waals surface area contributed by atoms with Crippen LogP contribution < -0.4 is 25.5 Å². The molecule has 432 valence electrons. The lowest BCUT2D eigenvalue weighted by atomic mass is 9.43. The summed E-state index contributed by atoms with van der Waals surface area (Å²) in [6.07, 6.45) is 2.37. The van der Waals surface area contributed by atoms with Gasteiger partial charge in [-0.15, -0.1) is 11.3 Å². The molecule has 0 saturated heterocycles. The highest BCUT2D eigenvalue weighted by molar-refractivity contribution is 7.25. The van der Waals surface area contributed by atoms with E-state index >= 15 is 0 Å². The molecule has 0 radical (unpaired) electrons. The Hall–Kier alpha value is -8.90. The molecule has 0 spiro atoms. The van der Waals surface area contributed by atoms with Gasteiger partial charge in [0.15, 0.2) is 0 Å². The molecule has 5 heteroatoms. The Morgan fingerprint density at radius 1 is 0.409 bits per heavy atom. The normalized spacial score (nSPS) is 14.8. The van der Waals surface area contributed by atoms with Crippen LogP contribution in [0.3, 0.4) is 0 Å². The molecule has 3 aliphatic rings. The number of thiophene rings is 1. The van der Waals surface area contributed by atoms with Gasteiger partial charge in [-0.2, -0.15) is 0 Å². The van der Waals surface area contributed by atoms with Crippen molar-refractivity contribution in [2.24, 2.45) is 0 Å². The van der Waals surface area contributed by atoms with Crippen LogP contribution >= 0.6 is 11.3 Å². The van der Waals surface area contributed by atoms with E-state index in [1.54, 1.807) is 0 Å². The topological polar surface area (TPSA) is 9.72 Å². The number of fused-ring (bicyclic) bond motifs is 8. The van der Waals surface area contributed by atoms with E-state index < -0.39 is 0 Å². The average molecular weight is 1160 g/mol. The minimum absolute atomic E-state index is 0.0146. The first-order valence-corrected chi connectivity index (χ1v) is 32.4. The lowest BCUT2D eigenvalue weighted by Crippen LogP contribution is -2.61. The van der Waals surface area contributed by atoms with Crippen LogP contribution in [0.25, 0.3) is 64.7 Å². The van der Waals surface area contributed by atoms with Crippen molar-refractivity contribution in [3.05, 3.63) is 264 Å². The van der Waals surface area contributed by atoms with Crippen molar-refractivity contribution in [2.75, 3.05) is 14.6 Å². The minimum atomic E-state index is -0.195. The van der Waals surface area contributed by atoms with Crippen molar-refractivity contribution in [1.29, 1.82) is 0 Å². The van der Waals surface area contributed by atoms with Crippen molar-refractivity contribution in [1.82, 2.24) is 0 Å². The van der Waals surface area contributed by atoms with E-state index in [1.807, 2.05) is 11.3 Å². The van der Waals surface area contributed by atoms with Gasteiger partial charge in [-0.25, -0.2) is 0 Å². The molecular formula is C83H76BN3S. The lowest BCUT2D eigenvalue weighted by Gasteiger charge is -2.46. The Balaban J connectivity index is 1.04. The predicted octanol–water partition coefficient (Wildman–Crippen LogP) is 22.5. The second kappa shape index (κ2) is 20.6. The van der Waals surface area contributed by atoms with E-state index in [2.05, 4.69) is 327 Å². The van der Waals surface area contributed by atoms with Crippen LogP contribution in [0.2, 0.25) is 0 Å². The highest BCUT2D eigenvalue weighted by Gasteiger charge is 2.47. The van der Waals surface area contributed by atoms with E-state index in [1.165, 1.54) is 133 Å². The summed E-state index contributed by atoms with van der Waals surface area (Å²) < 4.78 is 2.70. The van der Waals surface area contributed by atoms with Crippen molar-refractivity contribution < 1.29 is 0 Å². The quantitative estimate of drug-likeness (QED) is 0.140. The molecule has 0 amide bonds. The molecule has 0 N–H and O–H groups in total. The van der Waals surface area contributed by atoms with E-state index in [-0.39, 0.29) is 28.5 Å². The molecule has 11 aromatic carbocycles. The number of rotatable bonds is 8. The van der Waals surface area contributed by atoms with E-state index in [9.17, 15) is 0 Å². The van der Waals surface area contributed by atoms with Gasteiger partial charge in [-0.05, 0) is 205 Å². The molecule has 2 aliphatic heterocycles. The van der Waals surface area contributed by atoms with Crippen molar-refractivity contribution in [2.45, 2.75) is 111 Å². The van der Waals surface area contributed by atoms with Gasteiger partial charge in [0, 0.05) is 71.1 Å². The maximum Gasteiger partial charge on any atom is 0.333 e. The highest BCUT2D eigenvalue weighted by atomic mass is 32.1. The van der Waals surface area contributed by atoms with Crippen molar-refractivity contribution in [3.63, 3.8) is 0 Å². The zero-order valence-electron chi connectivity index (χ0n) is 52.8. The van der Waals surface area contributed by atoms with E-state index in [4.69, 9.17) is 0 Å². The molecule has 0 bridgehead atoms. The van der Waals surface area contributed by atoms with Crippen LogP contribution in [-0.2, 0) is 21.7 Å². The summed E-state index contributed by atoms with van der Waals surface area (Å²) in [6.45, 7) is 25.9. The summed E-state index contributed by atoms with van der Waals surface area (Å²) in [5.41, 5.74) is 28.3. The third-order valence-electron chi connectivity index (χ3n) is 19.6. The average Bonchev–Trinajstić information content (AvgIpc) is 0.831. The smallest absolute Gasteiger partial charge is 0.333 e. The standard InChI is InChI=1S/C83H76BN3S/c1-53-43-69-66-51-77-68(67-49-70-71(52-78(67)88-77)83(10,11)42-41-82(70,8)9)50-74(66)87(61-36-33-59(34-37-61)80(2,3)4)84-72-39-38-64(48-75(72)86(76(44-53)79(69)84)73-40-35-60(81(5,6)7)47-65(73)56-27-19-14-20-28-56)85(62-31-21-29-57(45-62)54-23-15-12-16-24-54)63-32-22-30-58(46-63)55-25-17-13-18-26-55/h12-40,43-52H,41-42H2,1-11H3. The van der Waals surface area contributed by atoms with Gasteiger partial charge in [-0.1, -0.05) is 215 Å². The summed E-state index contributed by atoms with van der Waals surface area (Å²) in [5, 5.41) is 2.70. The second-order valence-electron chi connectivity index (χ2n) is 28.5. The first-order valence-electron chi connectivity index (χ1n) is 31.6. The zero-order chi connectivity index (χ0) is 60.6. The summed E-state index contributed by atoms with van der Waals surface area (Å²) in [6, 6.07) is 90.3. The predicted molar refractivity (Wildman–Crippen MR) is 381 cm³/mol. The summed E-state index contributed by atoms with van der Waals surface area (Å²) in [4.78, 5) is 7.85. The van der Waals surface area contributed by atoms with Crippen LogP contribution in [0, 0.1) is 6.92 Å². The Bertz CT molecular complexity index is 4630. The van der Waals surface area contributed by atoms with Crippen LogP contribution in [0.15, 0.2) is 237 Å². The Labute approximate surface area is 525 Å². The Morgan fingerprint density at radius 2 is 0.943 bits per heavy atom. The van der Waals surface area contributed by atoms with E-state index in [0.717, 1.165) is 28.4 Å². The van der Waals surface area contributed by atoms with Crippen molar-refractivity contribution >= 4 is 94.8 Å². The van der Waals surface area contributed by atoms with Gasteiger partial charge in [-0.3, -0.25) is 0 Å². The third-order valence-corrected chi connectivity index (χ3v) is 20.7. The van der Waals surface area contributed by atoms with Gasteiger partial charge < -0.3 is 14.6 Å². The monoisotopic (exact) mass is 1160 g/mol. The SMILES string of the molecule is Cc1cc2c3c(c1)N(c1ccc(C(C)(C)C)cc1-c1ccccc1)c1cc(N(c4cccc(-c5ccccc5)c4)c4cccc(-c5ccccc5)c4)ccc1B3N(c1ccc(C(C)(C)C)cc1)c1cc3c(cc1-2)sc1cc2c(cc13)C(C)(C)CCC2(C)C. The first-order chi connectivity index (χ1) is 42.3. The fourth-order valence-corrected chi connectivity index (χ4v) is 15.8. The number of hydrogen-bond donors (Lipinski definition) is 0. The highest BCUT2D eigenvalue weighted by Crippen LogP contribution is 2.55. The fraction of sp³-hybridized carbons (Fsp3) is 0.205. The first kappa shape index (κ1) is 55.7. The molecule has 88 heavy (non-hydrogen) atoms. The van der Waals surface area contributed by atoms with Crippen LogP contribution in [0.1, 0.15) is 110 Å². The molecule has 3 nitrogen and oxygen atoms in total. The molecule has 0 saturated carbocycles. The molecule has 3 heterocycles. The second-order valence-corrected chi connectivity index (χ2v) is 29.6. The van der Waals surface area contributed by atoms with Gasteiger partial charge in [0.25, 0.3) is 0 Å². The zero-order valence-corrected chi connectivity index (χ0v) is 53.6. The summed E-state index contributed by atoms with van der Waals surface area (Å²) >= 11 is 1.97. The largest absolute Gasteiger partial charge is 0.376 e. The number of aryl methyl sites for hydroxylation is 1. The lowest BCUT2D eigenvalue weighted by molar-refractivity contribution is 0.332. The summed E-state index contributed by atoms with van der Waals surface area (Å²) in [5.74, 6) is 0. The molecule has 15 rings (SSSR count). The Kier molecular flexibility index (Phi) is 13.0. The van der Waals surface area contributed by atoms with Crippen LogP contribution in [0.5, 0.6) is 0 Å². The minimum Gasteiger partial charge on any atom is -0.376 e. The molecule has 1 aliphatic carbocycles. The fourth-order valence-electron chi connectivity index (χ4n) is 14.6. The van der Waals surface area contributed by atoms with Crippen LogP contribution in [-0.4, -0.2) is 6.85 Å². The molecule has 0 fully saturated rings. The van der Waals surface area contributed by atoms with E-state index in [0.29, 0.717) is 0 Å².